The van der Waals surface area contributed by atoms with Crippen molar-refractivity contribution < 1.29 is 18.7 Å². The minimum absolute atomic E-state index is 0.153. The first-order valence-electron chi connectivity index (χ1n) is 9.18. The Labute approximate surface area is 171 Å². The fourth-order valence-electron chi connectivity index (χ4n) is 2.97. The summed E-state index contributed by atoms with van der Waals surface area (Å²) < 4.78 is 17.5. The summed E-state index contributed by atoms with van der Waals surface area (Å²) in [6, 6.07) is 15.4. The summed E-state index contributed by atoms with van der Waals surface area (Å²) in [5, 5.41) is 7.80. The van der Waals surface area contributed by atoms with Gasteiger partial charge in [0, 0.05) is 29.4 Å². The van der Waals surface area contributed by atoms with Crippen LogP contribution in [0.4, 0.5) is 5.69 Å². The number of nitrogens with one attached hydrogen (secondary N) is 1. The second-order valence-electron chi connectivity index (χ2n) is 6.60. The van der Waals surface area contributed by atoms with Crippen LogP contribution in [0.25, 0.3) is 11.0 Å². The molecule has 8 heteroatoms. The molecule has 1 N–H and O–H groups in total. The van der Waals surface area contributed by atoms with E-state index in [1.807, 2.05) is 6.92 Å². The number of aromatic nitrogens is 2. The molecule has 0 spiro atoms. The van der Waals surface area contributed by atoms with Crippen molar-refractivity contribution in [2.75, 3.05) is 12.4 Å². The number of carbonyl (C=O) groups excluding carboxylic acids is 1. The Hall–Kier alpha value is -4.07. The predicted octanol–water partition coefficient (Wildman–Crippen LogP) is 3.60. The lowest BCUT2D eigenvalue weighted by molar-refractivity contribution is 0.102. The average molecular weight is 405 g/mol. The van der Waals surface area contributed by atoms with Gasteiger partial charge >= 0.3 is 5.63 Å². The Morgan fingerprint density at radius 1 is 1.10 bits per heavy atom. The lowest BCUT2D eigenvalue weighted by atomic mass is 10.1. The third-order valence-corrected chi connectivity index (χ3v) is 4.51. The zero-order valence-electron chi connectivity index (χ0n) is 16.4. The molecule has 2 aromatic carbocycles. The largest absolute Gasteiger partial charge is 0.497 e. The summed E-state index contributed by atoms with van der Waals surface area (Å²) in [6.07, 6.45) is 1.65. The fourth-order valence-corrected chi connectivity index (χ4v) is 2.97. The van der Waals surface area contributed by atoms with Crippen LogP contribution < -0.4 is 20.4 Å². The molecule has 2 aromatic heterocycles. The van der Waals surface area contributed by atoms with Gasteiger partial charge in [0.1, 0.15) is 17.1 Å². The Kier molecular flexibility index (Phi) is 5.21. The highest BCUT2D eigenvalue weighted by atomic mass is 16.5. The molecule has 0 radical (unpaired) electrons. The molecule has 4 rings (SSSR count). The van der Waals surface area contributed by atoms with E-state index in [1.165, 1.54) is 10.7 Å². The number of anilines is 1. The molecule has 1 amide bonds. The lowest BCUT2D eigenvalue weighted by Gasteiger charge is -2.07. The van der Waals surface area contributed by atoms with Crippen molar-refractivity contribution in [1.82, 2.24) is 9.78 Å². The number of aryl methyl sites for hydroxylation is 1. The minimum Gasteiger partial charge on any atom is -0.497 e. The van der Waals surface area contributed by atoms with Crippen molar-refractivity contribution in [2.24, 2.45) is 0 Å². The molecule has 0 saturated carbocycles. The fraction of sp³-hybridized carbons (Fsp3) is 0.136. The maximum atomic E-state index is 12.5. The number of benzene rings is 2. The van der Waals surface area contributed by atoms with Crippen LogP contribution in [-0.4, -0.2) is 22.8 Å². The molecule has 0 aliphatic rings. The second kappa shape index (κ2) is 8.12. The van der Waals surface area contributed by atoms with Gasteiger partial charge in [-0.25, -0.2) is 9.48 Å². The zero-order valence-corrected chi connectivity index (χ0v) is 16.4. The SMILES string of the molecule is COc1ccc(OCn2ccc(C(=O)Nc3ccc4c(C)cc(=O)oc4c3)n2)cc1. The van der Waals surface area contributed by atoms with Crippen LogP contribution in [0.5, 0.6) is 11.5 Å². The van der Waals surface area contributed by atoms with Crippen LogP contribution in [0.15, 0.2) is 70.0 Å². The molecule has 0 fully saturated rings. The molecule has 152 valence electrons. The van der Waals surface area contributed by atoms with Crippen molar-refractivity contribution in [2.45, 2.75) is 13.7 Å². The van der Waals surface area contributed by atoms with Gasteiger partial charge in [0.2, 0.25) is 0 Å². The van der Waals surface area contributed by atoms with E-state index in [-0.39, 0.29) is 18.3 Å². The van der Waals surface area contributed by atoms with Crippen molar-refractivity contribution in [3.8, 4) is 11.5 Å². The van der Waals surface area contributed by atoms with Crippen LogP contribution in [0.1, 0.15) is 16.1 Å². The predicted molar refractivity (Wildman–Crippen MR) is 111 cm³/mol. The first-order valence-corrected chi connectivity index (χ1v) is 9.18. The summed E-state index contributed by atoms with van der Waals surface area (Å²) in [6.45, 7) is 1.98. The summed E-state index contributed by atoms with van der Waals surface area (Å²) >= 11 is 0. The molecule has 0 unspecified atom stereocenters. The van der Waals surface area contributed by atoms with Crippen molar-refractivity contribution in [3.05, 3.63) is 82.5 Å². The van der Waals surface area contributed by atoms with Crippen LogP contribution in [0.3, 0.4) is 0 Å². The number of methoxy groups -OCH3 is 1. The van der Waals surface area contributed by atoms with E-state index in [4.69, 9.17) is 13.9 Å². The number of ether oxygens (including phenoxy) is 2. The highest BCUT2D eigenvalue weighted by Gasteiger charge is 2.11. The van der Waals surface area contributed by atoms with E-state index >= 15 is 0 Å². The van der Waals surface area contributed by atoms with Crippen LogP contribution in [0.2, 0.25) is 0 Å². The van der Waals surface area contributed by atoms with E-state index in [0.717, 1.165) is 16.7 Å². The molecule has 0 bridgehead atoms. The van der Waals surface area contributed by atoms with E-state index in [0.29, 0.717) is 17.0 Å². The average Bonchev–Trinajstić information content (AvgIpc) is 3.21. The maximum Gasteiger partial charge on any atom is 0.336 e. The van der Waals surface area contributed by atoms with Gasteiger partial charge < -0.3 is 19.2 Å². The monoisotopic (exact) mass is 405 g/mol. The number of fused-ring (bicyclic) bond motifs is 1. The van der Waals surface area contributed by atoms with E-state index in [9.17, 15) is 9.59 Å². The molecule has 4 aromatic rings. The second-order valence-corrected chi connectivity index (χ2v) is 6.60. The number of carbonyl (C=O) groups is 1. The van der Waals surface area contributed by atoms with Crippen LogP contribution >= 0.6 is 0 Å². The summed E-state index contributed by atoms with van der Waals surface area (Å²) in [7, 11) is 1.60. The maximum absolute atomic E-state index is 12.5. The molecular formula is C22H19N3O5. The van der Waals surface area contributed by atoms with Crippen molar-refractivity contribution in [1.29, 1.82) is 0 Å². The summed E-state index contributed by atoms with van der Waals surface area (Å²) in [5.74, 6) is 1.02. The normalized spacial score (nSPS) is 10.7. The van der Waals surface area contributed by atoms with Gasteiger partial charge in [-0.15, -0.1) is 0 Å². The van der Waals surface area contributed by atoms with Gasteiger partial charge in [0.25, 0.3) is 5.91 Å². The smallest absolute Gasteiger partial charge is 0.336 e. The number of amides is 1. The number of hydrogen-bond donors (Lipinski definition) is 1. The Bertz CT molecular complexity index is 1260. The van der Waals surface area contributed by atoms with Gasteiger partial charge in [-0.05, 0) is 55.0 Å². The highest BCUT2D eigenvalue weighted by Crippen LogP contribution is 2.21. The van der Waals surface area contributed by atoms with E-state index in [2.05, 4.69) is 10.4 Å². The molecule has 8 nitrogen and oxygen atoms in total. The Balaban J connectivity index is 1.42. The van der Waals surface area contributed by atoms with Crippen molar-refractivity contribution in [3.63, 3.8) is 0 Å². The summed E-state index contributed by atoms with van der Waals surface area (Å²) in [5.41, 5.74) is 1.54. The van der Waals surface area contributed by atoms with Crippen LogP contribution in [0, 0.1) is 6.92 Å². The Morgan fingerprint density at radius 2 is 1.87 bits per heavy atom. The highest BCUT2D eigenvalue weighted by molar-refractivity contribution is 6.03. The number of rotatable bonds is 6. The van der Waals surface area contributed by atoms with Crippen molar-refractivity contribution >= 4 is 22.6 Å². The number of nitrogens with zero attached hydrogens (tertiary/aromatic N) is 2. The van der Waals surface area contributed by atoms with E-state index in [1.54, 1.807) is 61.8 Å². The number of hydrogen-bond acceptors (Lipinski definition) is 6. The molecular weight excluding hydrogens is 386 g/mol. The molecule has 2 heterocycles. The zero-order chi connectivity index (χ0) is 21.1. The van der Waals surface area contributed by atoms with Gasteiger partial charge in [-0.2, -0.15) is 5.10 Å². The topological polar surface area (TPSA) is 95.6 Å². The molecule has 0 saturated heterocycles. The third kappa shape index (κ3) is 4.17. The third-order valence-electron chi connectivity index (χ3n) is 4.51. The van der Waals surface area contributed by atoms with Gasteiger partial charge in [0.05, 0.1) is 7.11 Å². The van der Waals surface area contributed by atoms with Gasteiger partial charge in [-0.3, -0.25) is 4.79 Å². The minimum atomic E-state index is -0.431. The lowest BCUT2D eigenvalue weighted by Crippen LogP contribution is -2.14. The standard InChI is InChI=1S/C22H19N3O5/c1-14-11-21(26)30-20-12-15(3-8-18(14)20)23-22(27)19-9-10-25(24-19)13-29-17-6-4-16(28-2)5-7-17/h3-12H,13H2,1-2H3,(H,23,27). The molecule has 0 aliphatic heterocycles. The first kappa shape index (κ1) is 19.3. The molecule has 0 atom stereocenters. The quantitative estimate of drug-likeness (QED) is 0.493. The molecule has 30 heavy (non-hydrogen) atoms. The van der Waals surface area contributed by atoms with Crippen LogP contribution in [-0.2, 0) is 6.73 Å². The summed E-state index contributed by atoms with van der Waals surface area (Å²) in [4.78, 5) is 24.1. The van der Waals surface area contributed by atoms with Gasteiger partial charge in [-0.1, -0.05) is 0 Å². The molecule has 0 aliphatic carbocycles. The first-order chi connectivity index (χ1) is 14.5. The van der Waals surface area contributed by atoms with Gasteiger partial charge in [0.15, 0.2) is 12.4 Å². The Morgan fingerprint density at radius 3 is 2.63 bits per heavy atom. The van der Waals surface area contributed by atoms with E-state index < -0.39 is 5.63 Å².